The van der Waals surface area contributed by atoms with Crippen LogP contribution in [0.5, 0.6) is 0 Å². The Labute approximate surface area is 128 Å². The van der Waals surface area contributed by atoms with Crippen LogP contribution in [-0.2, 0) is 0 Å². The van der Waals surface area contributed by atoms with E-state index in [0.29, 0.717) is 17.7 Å². The fourth-order valence-corrected chi connectivity index (χ4v) is 2.69. The number of aromatic nitrogens is 2. The van der Waals surface area contributed by atoms with Gasteiger partial charge in [0, 0.05) is 18.2 Å². The van der Waals surface area contributed by atoms with Gasteiger partial charge in [-0.05, 0) is 25.0 Å². The smallest absolute Gasteiger partial charge is 0.149 e. The van der Waals surface area contributed by atoms with Gasteiger partial charge in [-0.15, -0.1) is 0 Å². The fourth-order valence-electron chi connectivity index (χ4n) is 2.69. The first-order valence-corrected chi connectivity index (χ1v) is 7.51. The summed E-state index contributed by atoms with van der Waals surface area (Å²) < 4.78 is 26.6. The van der Waals surface area contributed by atoms with Gasteiger partial charge >= 0.3 is 0 Å². The second-order valence-electron chi connectivity index (χ2n) is 5.52. The monoisotopic (exact) mass is 304 g/mol. The summed E-state index contributed by atoms with van der Waals surface area (Å²) in [5.41, 5.74) is 0.184. The number of halogens is 2. The first-order chi connectivity index (χ1) is 10.7. The number of nitrogens with one attached hydrogen (secondary N) is 2. The average molecular weight is 304 g/mol. The van der Waals surface area contributed by atoms with Gasteiger partial charge in [0.25, 0.3) is 0 Å². The minimum Gasteiger partial charge on any atom is -0.367 e. The van der Waals surface area contributed by atoms with Crippen molar-refractivity contribution in [3.05, 3.63) is 42.2 Å². The molecule has 0 aliphatic heterocycles. The molecule has 3 rings (SSSR count). The van der Waals surface area contributed by atoms with Crippen LogP contribution in [0, 0.1) is 11.6 Å². The number of rotatable bonds is 4. The van der Waals surface area contributed by atoms with Crippen LogP contribution in [0.2, 0.25) is 0 Å². The maximum absolute atomic E-state index is 13.6. The molecule has 0 unspecified atom stereocenters. The topological polar surface area (TPSA) is 49.8 Å². The van der Waals surface area contributed by atoms with Gasteiger partial charge in [0.05, 0.1) is 5.69 Å². The van der Waals surface area contributed by atoms with Gasteiger partial charge in [-0.3, -0.25) is 0 Å². The summed E-state index contributed by atoms with van der Waals surface area (Å²) in [4.78, 5) is 8.26. The van der Waals surface area contributed by atoms with Crippen molar-refractivity contribution in [2.75, 3.05) is 10.6 Å². The largest absolute Gasteiger partial charge is 0.367 e. The van der Waals surface area contributed by atoms with E-state index in [1.165, 1.54) is 37.7 Å². The third-order valence-corrected chi connectivity index (χ3v) is 3.82. The van der Waals surface area contributed by atoms with Crippen LogP contribution in [0.3, 0.4) is 0 Å². The van der Waals surface area contributed by atoms with Crippen LogP contribution in [0.15, 0.2) is 30.6 Å². The lowest BCUT2D eigenvalue weighted by Crippen LogP contribution is -2.22. The minimum absolute atomic E-state index is 0.184. The molecule has 0 bridgehead atoms. The Balaban J connectivity index is 1.70. The first kappa shape index (κ1) is 14.7. The maximum atomic E-state index is 13.6. The van der Waals surface area contributed by atoms with Crippen molar-refractivity contribution >= 4 is 17.3 Å². The van der Waals surface area contributed by atoms with E-state index >= 15 is 0 Å². The molecule has 1 aromatic carbocycles. The highest BCUT2D eigenvalue weighted by Gasteiger charge is 2.14. The van der Waals surface area contributed by atoms with Gasteiger partial charge in [0.15, 0.2) is 0 Å². The molecular weight excluding hydrogens is 286 g/mol. The lowest BCUT2D eigenvalue weighted by molar-refractivity contribution is 0.462. The Morgan fingerprint density at radius 1 is 0.955 bits per heavy atom. The molecule has 1 fully saturated rings. The Hall–Kier alpha value is -2.24. The van der Waals surface area contributed by atoms with Gasteiger partial charge in [-0.2, -0.15) is 0 Å². The summed E-state index contributed by atoms with van der Waals surface area (Å²) >= 11 is 0. The van der Waals surface area contributed by atoms with Crippen LogP contribution in [-0.4, -0.2) is 16.0 Å². The molecule has 4 nitrogen and oxygen atoms in total. The molecule has 1 saturated carbocycles. The molecular formula is C16H18F2N4. The second kappa shape index (κ2) is 6.68. The molecule has 116 valence electrons. The van der Waals surface area contributed by atoms with Crippen molar-refractivity contribution in [2.24, 2.45) is 0 Å². The summed E-state index contributed by atoms with van der Waals surface area (Å²) in [6, 6.07) is 5.55. The molecule has 0 atom stereocenters. The van der Waals surface area contributed by atoms with Crippen molar-refractivity contribution in [1.29, 1.82) is 0 Å². The summed E-state index contributed by atoms with van der Waals surface area (Å²) in [6.45, 7) is 0. The first-order valence-electron chi connectivity index (χ1n) is 7.51. The van der Waals surface area contributed by atoms with Crippen molar-refractivity contribution in [3.8, 4) is 0 Å². The van der Waals surface area contributed by atoms with E-state index in [4.69, 9.17) is 0 Å². The molecule has 6 heteroatoms. The molecule has 1 heterocycles. The van der Waals surface area contributed by atoms with Crippen LogP contribution >= 0.6 is 0 Å². The zero-order valence-electron chi connectivity index (χ0n) is 12.1. The highest BCUT2D eigenvalue weighted by atomic mass is 19.1. The molecule has 0 saturated heterocycles. The van der Waals surface area contributed by atoms with E-state index < -0.39 is 11.6 Å². The van der Waals surface area contributed by atoms with Crippen LogP contribution < -0.4 is 10.6 Å². The molecule has 1 aliphatic rings. The van der Waals surface area contributed by atoms with E-state index in [9.17, 15) is 8.78 Å². The molecule has 2 aromatic rings. The van der Waals surface area contributed by atoms with Crippen molar-refractivity contribution in [3.63, 3.8) is 0 Å². The average Bonchev–Trinajstić information content (AvgIpc) is 2.52. The molecule has 1 aliphatic carbocycles. The number of hydrogen-bond acceptors (Lipinski definition) is 4. The third kappa shape index (κ3) is 3.69. The quantitative estimate of drug-likeness (QED) is 0.887. The molecule has 0 radical (unpaired) electrons. The Bertz CT molecular complexity index is 642. The predicted molar refractivity (Wildman–Crippen MR) is 82.2 cm³/mol. The lowest BCUT2D eigenvalue weighted by Gasteiger charge is -2.23. The molecule has 0 spiro atoms. The molecule has 0 amide bonds. The van der Waals surface area contributed by atoms with Crippen molar-refractivity contribution < 1.29 is 8.78 Å². The second-order valence-corrected chi connectivity index (χ2v) is 5.52. The summed E-state index contributed by atoms with van der Waals surface area (Å²) in [5.74, 6) is -0.0727. The molecule has 2 N–H and O–H groups in total. The van der Waals surface area contributed by atoms with E-state index in [-0.39, 0.29) is 5.69 Å². The summed E-state index contributed by atoms with van der Waals surface area (Å²) in [5, 5.41) is 6.23. The van der Waals surface area contributed by atoms with Crippen LogP contribution in [0.25, 0.3) is 0 Å². The standard InChI is InChI=1S/C16H18F2N4/c17-11-6-7-14(13(18)8-11)22-16-9-15(19-10-20-16)21-12-4-2-1-3-5-12/h6-10,12H,1-5H2,(H2,19,20,21,22). The number of benzene rings is 1. The van der Waals surface area contributed by atoms with Crippen LogP contribution in [0.4, 0.5) is 26.1 Å². The summed E-state index contributed by atoms with van der Waals surface area (Å²) in [7, 11) is 0. The zero-order chi connectivity index (χ0) is 15.4. The van der Waals surface area contributed by atoms with Crippen molar-refractivity contribution in [1.82, 2.24) is 9.97 Å². The highest BCUT2D eigenvalue weighted by Crippen LogP contribution is 2.23. The maximum Gasteiger partial charge on any atom is 0.149 e. The highest BCUT2D eigenvalue weighted by molar-refractivity contribution is 5.59. The normalized spacial score (nSPS) is 15.5. The van der Waals surface area contributed by atoms with Gasteiger partial charge < -0.3 is 10.6 Å². The number of hydrogen-bond donors (Lipinski definition) is 2. The molecule has 22 heavy (non-hydrogen) atoms. The van der Waals surface area contributed by atoms with Gasteiger partial charge in [-0.1, -0.05) is 19.3 Å². The lowest BCUT2D eigenvalue weighted by atomic mass is 9.95. The number of nitrogens with zero attached hydrogens (tertiary/aromatic N) is 2. The zero-order valence-corrected chi connectivity index (χ0v) is 12.1. The van der Waals surface area contributed by atoms with E-state index in [0.717, 1.165) is 18.9 Å². The van der Waals surface area contributed by atoms with Crippen LogP contribution in [0.1, 0.15) is 32.1 Å². The fraction of sp³-hybridized carbons (Fsp3) is 0.375. The Morgan fingerprint density at radius 2 is 1.73 bits per heavy atom. The number of anilines is 3. The van der Waals surface area contributed by atoms with Gasteiger partial charge in [0.1, 0.15) is 29.6 Å². The Kier molecular flexibility index (Phi) is 4.46. The van der Waals surface area contributed by atoms with Gasteiger partial charge in [-0.25, -0.2) is 18.7 Å². The van der Waals surface area contributed by atoms with E-state index in [1.807, 2.05) is 0 Å². The van der Waals surface area contributed by atoms with E-state index in [2.05, 4.69) is 20.6 Å². The predicted octanol–water partition coefficient (Wildman–Crippen LogP) is 4.24. The minimum atomic E-state index is -0.652. The summed E-state index contributed by atoms with van der Waals surface area (Å²) in [6.07, 6.45) is 7.45. The van der Waals surface area contributed by atoms with E-state index in [1.54, 1.807) is 6.07 Å². The SMILES string of the molecule is Fc1ccc(Nc2cc(NC3CCCCC3)ncn2)c(F)c1. The Morgan fingerprint density at radius 3 is 2.50 bits per heavy atom. The van der Waals surface area contributed by atoms with Crippen molar-refractivity contribution in [2.45, 2.75) is 38.1 Å². The molecule has 1 aromatic heterocycles. The third-order valence-electron chi connectivity index (χ3n) is 3.82. The van der Waals surface area contributed by atoms with Gasteiger partial charge in [0.2, 0.25) is 0 Å².